The molecular formula is C19H22N4O3. The molecular weight excluding hydrogens is 332 g/mol. The van der Waals surface area contributed by atoms with Crippen LogP contribution in [0.15, 0.2) is 48.7 Å². The van der Waals surface area contributed by atoms with E-state index in [1.165, 1.54) is 4.90 Å². The summed E-state index contributed by atoms with van der Waals surface area (Å²) >= 11 is 0. The molecule has 1 aromatic heterocycles. The number of imide groups is 1. The van der Waals surface area contributed by atoms with E-state index in [-0.39, 0.29) is 12.5 Å². The molecule has 0 bridgehead atoms. The number of hydrogen-bond donors (Lipinski definition) is 1. The van der Waals surface area contributed by atoms with Crippen molar-refractivity contribution in [3.63, 3.8) is 0 Å². The lowest BCUT2D eigenvalue weighted by atomic mass is 9.92. The van der Waals surface area contributed by atoms with Crippen molar-refractivity contribution in [1.82, 2.24) is 19.7 Å². The first-order valence-electron chi connectivity index (χ1n) is 8.37. The lowest BCUT2D eigenvalue weighted by Gasteiger charge is -2.23. The predicted octanol–water partition coefficient (Wildman–Crippen LogP) is 1.45. The van der Waals surface area contributed by atoms with Crippen molar-refractivity contribution in [2.45, 2.75) is 19.0 Å². The van der Waals surface area contributed by atoms with Crippen LogP contribution in [-0.2, 0) is 28.7 Å². The predicted molar refractivity (Wildman–Crippen MR) is 95.9 cm³/mol. The van der Waals surface area contributed by atoms with E-state index in [0.29, 0.717) is 12.1 Å². The highest BCUT2D eigenvalue weighted by Gasteiger charge is 2.49. The monoisotopic (exact) mass is 354 g/mol. The average molecular weight is 354 g/mol. The largest absolute Gasteiger partial charge is 0.353 e. The summed E-state index contributed by atoms with van der Waals surface area (Å²) in [7, 11) is 3.56. The van der Waals surface area contributed by atoms with Gasteiger partial charge in [-0.3, -0.25) is 14.5 Å². The summed E-state index contributed by atoms with van der Waals surface area (Å²) in [6.45, 7) is 1.77. The number of likely N-dealkylation sites (N-methyl/N-ethyl adjacent to an activating group) is 1. The van der Waals surface area contributed by atoms with Crippen molar-refractivity contribution < 1.29 is 14.4 Å². The summed E-state index contributed by atoms with van der Waals surface area (Å²) < 4.78 is 1.92. The van der Waals surface area contributed by atoms with E-state index in [9.17, 15) is 14.4 Å². The van der Waals surface area contributed by atoms with Crippen LogP contribution in [-0.4, -0.2) is 45.8 Å². The molecule has 1 aliphatic rings. The van der Waals surface area contributed by atoms with Gasteiger partial charge >= 0.3 is 6.03 Å². The standard InChI is InChI=1S/C19H22N4O3/c1-19(14-8-5-4-6-9-14)17(25)23(18(26)20-19)13-16(24)22(3)12-15-10-7-11-21(15)2/h4-11H,12-13H2,1-3H3,(H,20,26)/t19-/m0/s1. The van der Waals surface area contributed by atoms with Gasteiger partial charge in [-0.25, -0.2) is 4.79 Å². The van der Waals surface area contributed by atoms with Crippen molar-refractivity contribution >= 4 is 17.8 Å². The number of amides is 4. The van der Waals surface area contributed by atoms with Crippen molar-refractivity contribution in [2.75, 3.05) is 13.6 Å². The molecule has 0 unspecified atom stereocenters. The van der Waals surface area contributed by atoms with Crippen LogP contribution >= 0.6 is 0 Å². The third-order valence-corrected chi connectivity index (χ3v) is 4.80. The molecule has 0 radical (unpaired) electrons. The van der Waals surface area contributed by atoms with Crippen molar-refractivity contribution in [3.8, 4) is 0 Å². The van der Waals surface area contributed by atoms with Gasteiger partial charge in [-0.05, 0) is 24.6 Å². The Morgan fingerprint density at radius 1 is 1.15 bits per heavy atom. The van der Waals surface area contributed by atoms with E-state index in [1.54, 1.807) is 26.1 Å². The van der Waals surface area contributed by atoms with Gasteiger partial charge in [0.1, 0.15) is 12.1 Å². The highest BCUT2D eigenvalue weighted by molar-refractivity contribution is 6.09. The van der Waals surface area contributed by atoms with Crippen LogP contribution in [0.3, 0.4) is 0 Å². The number of nitrogens with zero attached hydrogens (tertiary/aromatic N) is 3. The van der Waals surface area contributed by atoms with Gasteiger partial charge in [-0.2, -0.15) is 0 Å². The number of benzene rings is 1. The van der Waals surface area contributed by atoms with Crippen LogP contribution in [0.25, 0.3) is 0 Å². The van der Waals surface area contributed by atoms with Crippen LogP contribution < -0.4 is 5.32 Å². The Kier molecular flexibility index (Phi) is 4.54. The molecule has 2 aromatic rings. The molecule has 26 heavy (non-hydrogen) atoms. The van der Waals surface area contributed by atoms with Crippen LogP contribution in [0.5, 0.6) is 0 Å². The highest BCUT2D eigenvalue weighted by atomic mass is 16.2. The Morgan fingerprint density at radius 2 is 1.85 bits per heavy atom. The van der Waals surface area contributed by atoms with E-state index in [2.05, 4.69) is 5.32 Å². The minimum Gasteiger partial charge on any atom is -0.353 e. The Morgan fingerprint density at radius 3 is 2.46 bits per heavy atom. The zero-order valence-corrected chi connectivity index (χ0v) is 15.1. The second-order valence-corrected chi connectivity index (χ2v) is 6.67. The lowest BCUT2D eigenvalue weighted by Crippen LogP contribution is -2.43. The molecule has 4 amide bonds. The van der Waals surface area contributed by atoms with E-state index in [0.717, 1.165) is 10.6 Å². The molecule has 2 heterocycles. The van der Waals surface area contributed by atoms with Gasteiger partial charge in [0, 0.05) is 26.0 Å². The zero-order valence-electron chi connectivity index (χ0n) is 15.1. The number of urea groups is 1. The minimum atomic E-state index is -1.16. The van der Waals surface area contributed by atoms with Crippen molar-refractivity contribution in [3.05, 3.63) is 59.9 Å². The molecule has 0 saturated carbocycles. The van der Waals surface area contributed by atoms with Crippen LogP contribution in [0.2, 0.25) is 0 Å². The van der Waals surface area contributed by atoms with Crippen LogP contribution in [0.4, 0.5) is 4.79 Å². The maximum absolute atomic E-state index is 12.8. The molecule has 1 atom stereocenters. The highest BCUT2D eigenvalue weighted by Crippen LogP contribution is 2.28. The van der Waals surface area contributed by atoms with Gasteiger partial charge < -0.3 is 14.8 Å². The summed E-state index contributed by atoms with van der Waals surface area (Å²) in [6, 6.07) is 12.3. The van der Waals surface area contributed by atoms with Gasteiger partial charge in [0.15, 0.2) is 0 Å². The van der Waals surface area contributed by atoms with Gasteiger partial charge in [-0.15, -0.1) is 0 Å². The first kappa shape index (κ1) is 17.7. The number of rotatable bonds is 5. The second-order valence-electron chi connectivity index (χ2n) is 6.67. The van der Waals surface area contributed by atoms with Gasteiger partial charge in [0.2, 0.25) is 5.91 Å². The van der Waals surface area contributed by atoms with Gasteiger partial charge in [0.05, 0.1) is 6.54 Å². The lowest BCUT2D eigenvalue weighted by molar-refractivity contribution is -0.138. The van der Waals surface area contributed by atoms with Gasteiger partial charge in [-0.1, -0.05) is 30.3 Å². The maximum atomic E-state index is 12.8. The Balaban J connectivity index is 1.71. The summed E-state index contributed by atoms with van der Waals surface area (Å²) in [5.74, 6) is -0.721. The summed E-state index contributed by atoms with van der Waals surface area (Å²) in [5, 5.41) is 2.71. The number of carbonyl (C=O) groups is 3. The van der Waals surface area contributed by atoms with E-state index in [4.69, 9.17) is 0 Å². The fourth-order valence-electron chi connectivity index (χ4n) is 3.06. The number of nitrogens with one attached hydrogen (secondary N) is 1. The molecule has 1 aliphatic heterocycles. The summed E-state index contributed by atoms with van der Waals surface area (Å²) in [5.41, 5.74) is 0.493. The zero-order chi connectivity index (χ0) is 18.9. The molecule has 1 N–H and O–H groups in total. The van der Waals surface area contributed by atoms with E-state index in [1.807, 2.05) is 48.1 Å². The average Bonchev–Trinajstić information content (AvgIpc) is 3.12. The Bertz CT molecular complexity index is 845. The SMILES string of the molecule is CN(Cc1cccn1C)C(=O)CN1C(=O)N[C@@](C)(c2ccccc2)C1=O. The van der Waals surface area contributed by atoms with E-state index < -0.39 is 17.5 Å². The molecule has 0 aliphatic carbocycles. The molecule has 1 saturated heterocycles. The normalized spacial score (nSPS) is 19.6. The molecule has 136 valence electrons. The second kappa shape index (κ2) is 6.67. The minimum absolute atomic E-state index is 0.284. The quantitative estimate of drug-likeness (QED) is 0.826. The number of aromatic nitrogens is 1. The number of aryl methyl sites for hydroxylation is 1. The third-order valence-electron chi connectivity index (χ3n) is 4.80. The fraction of sp³-hybridized carbons (Fsp3) is 0.316. The van der Waals surface area contributed by atoms with Crippen LogP contribution in [0.1, 0.15) is 18.2 Å². The van der Waals surface area contributed by atoms with Crippen molar-refractivity contribution in [1.29, 1.82) is 0 Å². The summed E-state index contributed by atoms with van der Waals surface area (Å²) in [6.07, 6.45) is 1.90. The Labute approximate surface area is 152 Å². The number of carbonyl (C=O) groups excluding carboxylic acids is 3. The molecule has 1 aromatic carbocycles. The fourth-order valence-corrected chi connectivity index (χ4v) is 3.06. The number of hydrogen-bond acceptors (Lipinski definition) is 3. The Hall–Kier alpha value is -3.09. The van der Waals surface area contributed by atoms with E-state index >= 15 is 0 Å². The smallest absolute Gasteiger partial charge is 0.325 e. The topological polar surface area (TPSA) is 74.7 Å². The first-order chi connectivity index (χ1) is 12.3. The van der Waals surface area contributed by atoms with Crippen molar-refractivity contribution in [2.24, 2.45) is 7.05 Å². The molecule has 3 rings (SSSR count). The summed E-state index contributed by atoms with van der Waals surface area (Å²) in [4.78, 5) is 40.2. The first-order valence-corrected chi connectivity index (χ1v) is 8.37. The van der Waals surface area contributed by atoms with Crippen LogP contribution in [0, 0.1) is 0 Å². The molecule has 7 nitrogen and oxygen atoms in total. The molecule has 1 fully saturated rings. The van der Waals surface area contributed by atoms with Gasteiger partial charge in [0.25, 0.3) is 5.91 Å². The molecule has 7 heteroatoms. The maximum Gasteiger partial charge on any atom is 0.325 e. The molecule has 0 spiro atoms. The third kappa shape index (κ3) is 3.08.